The van der Waals surface area contributed by atoms with E-state index in [0.29, 0.717) is 22.5 Å². The van der Waals surface area contributed by atoms with Gasteiger partial charge in [0.2, 0.25) is 5.91 Å². The van der Waals surface area contributed by atoms with Crippen LogP contribution in [0.4, 0.5) is 5.69 Å². The zero-order chi connectivity index (χ0) is 18.8. The van der Waals surface area contributed by atoms with Gasteiger partial charge >= 0.3 is 0 Å². The number of aromatic hydroxyl groups is 1. The Morgan fingerprint density at radius 1 is 0.889 bits per heavy atom. The second-order valence-electron chi connectivity index (χ2n) is 6.14. The van der Waals surface area contributed by atoms with Crippen molar-refractivity contribution in [2.45, 2.75) is 0 Å². The zero-order valence-corrected chi connectivity index (χ0v) is 14.4. The van der Waals surface area contributed by atoms with Crippen molar-refractivity contribution in [2.75, 3.05) is 0 Å². The number of benzene rings is 3. The molecule has 0 bridgehead atoms. The molecule has 1 heterocycles. The van der Waals surface area contributed by atoms with Gasteiger partial charge in [-0.05, 0) is 24.3 Å². The van der Waals surface area contributed by atoms with Crippen molar-refractivity contribution in [1.29, 1.82) is 0 Å². The molecule has 4 rings (SSSR count). The predicted molar refractivity (Wildman–Crippen MR) is 107 cm³/mol. The van der Waals surface area contributed by atoms with Crippen LogP contribution in [-0.2, 0) is 0 Å². The van der Waals surface area contributed by atoms with Crippen molar-refractivity contribution in [1.82, 2.24) is 4.98 Å². The molecule has 27 heavy (non-hydrogen) atoms. The smallest absolute Gasteiger partial charge is 0.248 e. The van der Waals surface area contributed by atoms with Gasteiger partial charge in [-0.3, -0.25) is 4.79 Å². The summed E-state index contributed by atoms with van der Waals surface area (Å²) in [6.07, 6.45) is 0. The molecular weight excluding hydrogens is 338 g/mol. The molecule has 1 amide bonds. The van der Waals surface area contributed by atoms with Crippen molar-refractivity contribution < 1.29 is 9.90 Å². The molecule has 5 heteroatoms. The number of carbonyl (C=O) groups excluding carboxylic acids is 1. The second kappa shape index (κ2) is 6.80. The van der Waals surface area contributed by atoms with Crippen molar-refractivity contribution in [3.8, 4) is 5.88 Å². The van der Waals surface area contributed by atoms with E-state index in [1.807, 2.05) is 54.6 Å². The Bertz CT molecular complexity index is 1160. The number of nitrogens with one attached hydrogen (secondary N) is 1. The maximum absolute atomic E-state index is 11.5. The van der Waals surface area contributed by atoms with Gasteiger partial charge in [-0.25, -0.2) is 4.99 Å². The quantitative estimate of drug-likeness (QED) is 0.480. The molecule has 0 unspecified atom stereocenters. The molecule has 0 atom stereocenters. The summed E-state index contributed by atoms with van der Waals surface area (Å²) in [5, 5.41) is 11.4. The van der Waals surface area contributed by atoms with Gasteiger partial charge in [0.25, 0.3) is 0 Å². The van der Waals surface area contributed by atoms with Crippen molar-refractivity contribution in [3.05, 3.63) is 95.6 Å². The number of aromatic amines is 1. The van der Waals surface area contributed by atoms with Gasteiger partial charge in [-0.1, -0.05) is 54.6 Å². The highest BCUT2D eigenvalue weighted by molar-refractivity contribution is 6.21. The average molecular weight is 355 g/mol. The predicted octanol–water partition coefficient (Wildman–Crippen LogP) is 4.14. The number of amides is 1. The Morgan fingerprint density at radius 3 is 2.37 bits per heavy atom. The number of aliphatic imine (C=N–C) groups is 1. The van der Waals surface area contributed by atoms with Gasteiger partial charge in [-0.15, -0.1) is 0 Å². The summed E-state index contributed by atoms with van der Waals surface area (Å²) in [4.78, 5) is 19.2. The lowest BCUT2D eigenvalue weighted by Crippen LogP contribution is -2.10. The molecule has 3 aromatic carbocycles. The Morgan fingerprint density at radius 2 is 1.59 bits per heavy atom. The number of para-hydroxylation sites is 1. The van der Waals surface area contributed by atoms with E-state index >= 15 is 0 Å². The fraction of sp³-hybridized carbons (Fsp3) is 0. The highest BCUT2D eigenvalue weighted by Crippen LogP contribution is 2.31. The lowest BCUT2D eigenvalue weighted by molar-refractivity contribution is 0.100. The number of hydrogen-bond acceptors (Lipinski definition) is 3. The van der Waals surface area contributed by atoms with Crippen LogP contribution in [0.3, 0.4) is 0 Å². The van der Waals surface area contributed by atoms with Crippen molar-refractivity contribution in [3.63, 3.8) is 0 Å². The number of hydrogen-bond donors (Lipinski definition) is 3. The number of fused-ring (bicyclic) bond motifs is 1. The van der Waals surface area contributed by atoms with E-state index in [2.05, 4.69) is 4.98 Å². The van der Waals surface area contributed by atoms with Gasteiger partial charge in [0.05, 0.1) is 17.0 Å². The lowest BCUT2D eigenvalue weighted by atomic mass is 10.0. The maximum atomic E-state index is 11.5. The second-order valence-corrected chi connectivity index (χ2v) is 6.14. The van der Waals surface area contributed by atoms with Gasteiger partial charge in [-0.2, -0.15) is 0 Å². The molecular formula is C22H17N3O2. The first-order chi connectivity index (χ1) is 13.1. The monoisotopic (exact) mass is 355 g/mol. The fourth-order valence-electron chi connectivity index (χ4n) is 3.09. The summed E-state index contributed by atoms with van der Waals surface area (Å²) in [6.45, 7) is 0. The molecule has 5 nitrogen and oxygen atoms in total. The first-order valence-electron chi connectivity index (χ1n) is 8.47. The largest absolute Gasteiger partial charge is 0.494 e. The summed E-state index contributed by atoms with van der Waals surface area (Å²) in [7, 11) is 0. The molecule has 4 aromatic rings. The Hall–Kier alpha value is -3.86. The highest BCUT2D eigenvalue weighted by atomic mass is 16.3. The number of rotatable bonds is 4. The number of nitrogens with zero attached hydrogens (tertiary/aromatic N) is 1. The third kappa shape index (κ3) is 3.18. The van der Waals surface area contributed by atoms with Crippen molar-refractivity contribution >= 4 is 28.2 Å². The van der Waals surface area contributed by atoms with E-state index in [4.69, 9.17) is 10.7 Å². The molecule has 132 valence electrons. The highest BCUT2D eigenvalue weighted by Gasteiger charge is 2.18. The number of aromatic nitrogens is 1. The van der Waals surface area contributed by atoms with Crippen LogP contribution in [0, 0.1) is 0 Å². The maximum Gasteiger partial charge on any atom is 0.248 e. The van der Waals surface area contributed by atoms with E-state index in [-0.39, 0.29) is 5.88 Å². The van der Waals surface area contributed by atoms with Crippen LogP contribution >= 0.6 is 0 Å². The molecule has 0 saturated heterocycles. The average Bonchev–Trinajstić information content (AvgIpc) is 3.02. The van der Waals surface area contributed by atoms with Crippen LogP contribution in [0.5, 0.6) is 5.88 Å². The minimum Gasteiger partial charge on any atom is -0.494 e. The standard InChI is InChI=1S/C22H17N3O2/c23-21(26)15-9-6-10-16(13-15)24-20(14-7-2-1-3-8-14)19-17-11-4-5-12-18(17)25-22(19)27/h1-13,25,27H,(H2,23,26). The topological polar surface area (TPSA) is 91.5 Å². The van der Waals surface area contributed by atoms with Crippen LogP contribution < -0.4 is 5.73 Å². The van der Waals surface area contributed by atoms with Gasteiger partial charge in [0.15, 0.2) is 5.88 Å². The zero-order valence-electron chi connectivity index (χ0n) is 14.4. The molecule has 0 aliphatic heterocycles. The van der Waals surface area contributed by atoms with E-state index in [9.17, 15) is 9.90 Å². The van der Waals surface area contributed by atoms with Crippen molar-refractivity contribution in [2.24, 2.45) is 10.7 Å². The van der Waals surface area contributed by atoms with E-state index in [1.165, 1.54) is 0 Å². The molecule has 0 aliphatic carbocycles. The summed E-state index contributed by atoms with van der Waals surface area (Å²) in [5.74, 6) is -0.465. The van der Waals surface area contributed by atoms with Crippen LogP contribution in [0.1, 0.15) is 21.5 Å². The molecule has 4 N–H and O–H groups in total. The number of H-pyrrole nitrogens is 1. The Kier molecular flexibility index (Phi) is 4.18. The van der Waals surface area contributed by atoms with Crippen LogP contribution in [-0.4, -0.2) is 21.7 Å². The summed E-state index contributed by atoms with van der Waals surface area (Å²) in [6, 6.07) is 24.1. The first kappa shape index (κ1) is 16.6. The summed E-state index contributed by atoms with van der Waals surface area (Å²) in [5.41, 5.74) is 9.23. The molecule has 0 fully saturated rings. The summed E-state index contributed by atoms with van der Waals surface area (Å²) < 4.78 is 0. The Labute approximate surface area is 155 Å². The minimum atomic E-state index is -0.511. The van der Waals surface area contributed by atoms with E-state index in [0.717, 1.165) is 16.5 Å². The Balaban J connectivity index is 1.97. The fourth-order valence-corrected chi connectivity index (χ4v) is 3.09. The van der Waals surface area contributed by atoms with Gasteiger partial charge in [0.1, 0.15) is 0 Å². The SMILES string of the molecule is NC(=O)c1cccc(N=C(c2ccccc2)c2c(O)[nH]c3ccccc23)c1. The number of nitrogens with two attached hydrogens (primary N) is 1. The molecule has 0 aliphatic rings. The molecule has 0 saturated carbocycles. The third-order valence-corrected chi connectivity index (χ3v) is 4.34. The third-order valence-electron chi connectivity index (χ3n) is 4.34. The summed E-state index contributed by atoms with van der Waals surface area (Å²) >= 11 is 0. The van der Waals surface area contributed by atoms with Gasteiger partial charge in [0, 0.05) is 22.0 Å². The first-order valence-corrected chi connectivity index (χ1v) is 8.47. The molecule has 1 aromatic heterocycles. The number of primary amides is 1. The van der Waals surface area contributed by atoms with Crippen LogP contribution in [0.15, 0.2) is 83.9 Å². The minimum absolute atomic E-state index is 0.0462. The van der Waals surface area contributed by atoms with E-state index < -0.39 is 5.91 Å². The molecule has 0 spiro atoms. The van der Waals surface area contributed by atoms with Crippen LogP contribution in [0.2, 0.25) is 0 Å². The van der Waals surface area contributed by atoms with E-state index in [1.54, 1.807) is 24.3 Å². The van der Waals surface area contributed by atoms with Crippen LogP contribution in [0.25, 0.3) is 10.9 Å². The van der Waals surface area contributed by atoms with Gasteiger partial charge < -0.3 is 15.8 Å². The normalized spacial score (nSPS) is 11.6. The lowest BCUT2D eigenvalue weighted by Gasteiger charge is -2.08. The number of carbonyl (C=O) groups is 1. The molecule has 0 radical (unpaired) electrons.